The minimum atomic E-state index is -5.10. The van der Waals surface area contributed by atoms with Crippen molar-refractivity contribution < 1.29 is 36.1 Å². The lowest BCUT2D eigenvalue weighted by atomic mass is 10.1. The molecule has 0 saturated carbocycles. The summed E-state index contributed by atoms with van der Waals surface area (Å²) in [6.07, 6.45) is -9.48. The number of aromatic nitrogens is 1. The zero-order valence-electron chi connectivity index (χ0n) is 13.5. The summed E-state index contributed by atoms with van der Waals surface area (Å²) in [5, 5.41) is 12.5. The molecule has 7 nitrogen and oxygen atoms in total. The Hall–Kier alpha value is -3.38. The smallest absolute Gasteiger partial charge is 0.325 e. The molecule has 28 heavy (non-hydrogen) atoms. The number of nitrogens with one attached hydrogen (secondary N) is 1. The zero-order chi connectivity index (χ0) is 21.3. The predicted octanol–water partition coefficient (Wildman–Crippen LogP) is 3.43. The first kappa shape index (κ1) is 20.9. The average Bonchev–Trinajstić information content (AvgIpc) is 2.54. The zero-order valence-corrected chi connectivity index (χ0v) is 13.5. The molecule has 1 heterocycles. The van der Waals surface area contributed by atoms with Crippen LogP contribution in [-0.2, 0) is 23.7 Å². The summed E-state index contributed by atoms with van der Waals surface area (Å²) in [6.45, 7) is -0.863. The molecule has 1 amide bonds. The Morgan fingerprint density at radius 2 is 1.57 bits per heavy atom. The molecule has 0 bridgehead atoms. The van der Waals surface area contributed by atoms with Gasteiger partial charge in [0.15, 0.2) is 0 Å². The molecule has 0 aliphatic heterocycles. The lowest BCUT2D eigenvalue weighted by Crippen LogP contribution is -2.27. The highest BCUT2D eigenvalue weighted by atomic mass is 19.4. The third kappa shape index (κ3) is 5.08. The molecule has 13 heteroatoms. The third-order valence-corrected chi connectivity index (χ3v) is 3.36. The number of nitrogens with zero attached hydrogens (tertiary/aromatic N) is 2. The number of carbonyl (C=O) groups is 1. The van der Waals surface area contributed by atoms with Crippen LogP contribution in [0.4, 0.5) is 37.7 Å². The first-order chi connectivity index (χ1) is 12.8. The molecule has 2 rings (SSSR count). The maximum absolute atomic E-state index is 12.8. The van der Waals surface area contributed by atoms with Crippen molar-refractivity contribution in [1.82, 2.24) is 4.57 Å². The van der Waals surface area contributed by atoms with Crippen LogP contribution in [0.25, 0.3) is 0 Å². The van der Waals surface area contributed by atoms with Gasteiger partial charge in [-0.25, -0.2) is 0 Å². The molecule has 0 aliphatic carbocycles. The molecule has 150 valence electrons. The van der Waals surface area contributed by atoms with Gasteiger partial charge >= 0.3 is 12.4 Å². The Morgan fingerprint density at radius 3 is 2.04 bits per heavy atom. The average molecular weight is 409 g/mol. The third-order valence-electron chi connectivity index (χ3n) is 3.36. The van der Waals surface area contributed by atoms with Gasteiger partial charge in [0.05, 0.1) is 22.2 Å². The van der Waals surface area contributed by atoms with Crippen LogP contribution < -0.4 is 10.9 Å². The van der Waals surface area contributed by atoms with Gasteiger partial charge in [-0.05, 0) is 18.2 Å². The highest BCUT2D eigenvalue weighted by Crippen LogP contribution is 2.37. The Labute approximate surface area is 151 Å². The summed E-state index contributed by atoms with van der Waals surface area (Å²) in [6, 6.07) is 2.14. The maximum atomic E-state index is 12.8. The van der Waals surface area contributed by atoms with E-state index in [1.807, 2.05) is 5.32 Å². The summed E-state index contributed by atoms with van der Waals surface area (Å²) in [5.74, 6) is -1.16. The van der Waals surface area contributed by atoms with Gasteiger partial charge in [-0.15, -0.1) is 0 Å². The standard InChI is InChI=1S/C15H9F6N3O4/c16-14(17,18)8-3-9(15(19,20)21)5-10(4-8)22-12(25)7-23-6-11(24(27)28)1-2-13(23)26/h1-6H,7H2,(H,22,25). The molecule has 0 unspecified atom stereocenters. The van der Waals surface area contributed by atoms with Crippen molar-refractivity contribution in [3.8, 4) is 0 Å². The van der Waals surface area contributed by atoms with Crippen molar-refractivity contribution in [2.75, 3.05) is 5.32 Å². The molecule has 1 N–H and O–H groups in total. The fraction of sp³-hybridized carbons (Fsp3) is 0.200. The number of halogens is 6. The van der Waals surface area contributed by atoms with Gasteiger partial charge < -0.3 is 5.32 Å². The SMILES string of the molecule is O=C(Cn1cc([N+](=O)[O-])ccc1=O)Nc1cc(C(F)(F)F)cc(C(F)(F)F)c1. The van der Waals surface area contributed by atoms with Crippen LogP contribution in [0, 0.1) is 10.1 Å². The second-order valence-corrected chi connectivity index (χ2v) is 5.45. The first-order valence-electron chi connectivity index (χ1n) is 7.21. The molecule has 0 radical (unpaired) electrons. The second-order valence-electron chi connectivity index (χ2n) is 5.45. The fourth-order valence-corrected chi connectivity index (χ4v) is 2.13. The van der Waals surface area contributed by atoms with E-state index in [2.05, 4.69) is 0 Å². The highest BCUT2D eigenvalue weighted by molar-refractivity contribution is 5.90. The molecule has 0 saturated heterocycles. The van der Waals surface area contributed by atoms with Crippen LogP contribution in [0.15, 0.2) is 41.3 Å². The van der Waals surface area contributed by atoms with Crippen molar-refractivity contribution in [2.45, 2.75) is 18.9 Å². The number of hydrogen-bond donors (Lipinski definition) is 1. The van der Waals surface area contributed by atoms with E-state index < -0.39 is 57.8 Å². The number of amides is 1. The largest absolute Gasteiger partial charge is 0.416 e. The van der Waals surface area contributed by atoms with E-state index in [0.29, 0.717) is 16.7 Å². The van der Waals surface area contributed by atoms with Crippen molar-refractivity contribution >= 4 is 17.3 Å². The van der Waals surface area contributed by atoms with Crippen molar-refractivity contribution in [1.29, 1.82) is 0 Å². The van der Waals surface area contributed by atoms with E-state index in [9.17, 15) is 46.0 Å². The molecule has 0 aliphatic rings. The lowest BCUT2D eigenvalue weighted by molar-refractivity contribution is -0.385. The van der Waals surface area contributed by atoms with Crippen LogP contribution in [-0.4, -0.2) is 15.4 Å². The van der Waals surface area contributed by atoms with Crippen LogP contribution in [0.3, 0.4) is 0 Å². The monoisotopic (exact) mass is 409 g/mol. The van der Waals surface area contributed by atoms with Crippen molar-refractivity contribution in [3.63, 3.8) is 0 Å². The summed E-state index contributed by atoms with van der Waals surface area (Å²) in [5.41, 5.74) is -5.44. The van der Waals surface area contributed by atoms with Crippen LogP contribution >= 0.6 is 0 Å². The number of anilines is 1. The van der Waals surface area contributed by atoms with E-state index in [1.54, 1.807) is 0 Å². The van der Waals surface area contributed by atoms with Crippen LogP contribution in [0.1, 0.15) is 11.1 Å². The van der Waals surface area contributed by atoms with Gasteiger partial charge in [-0.3, -0.25) is 24.3 Å². The topological polar surface area (TPSA) is 94.2 Å². The number of carbonyl (C=O) groups excluding carboxylic acids is 1. The minimum absolute atomic E-state index is 0.110. The maximum Gasteiger partial charge on any atom is 0.416 e. The molecular formula is C15H9F6N3O4. The van der Waals surface area contributed by atoms with Gasteiger partial charge in [0.2, 0.25) is 5.91 Å². The highest BCUT2D eigenvalue weighted by Gasteiger charge is 2.37. The molecular weight excluding hydrogens is 400 g/mol. The van der Waals surface area contributed by atoms with Crippen molar-refractivity contribution in [2.24, 2.45) is 0 Å². The quantitative estimate of drug-likeness (QED) is 0.476. The van der Waals surface area contributed by atoms with Gasteiger partial charge in [0.25, 0.3) is 11.2 Å². The first-order valence-corrected chi connectivity index (χ1v) is 7.21. The van der Waals surface area contributed by atoms with E-state index in [4.69, 9.17) is 0 Å². The van der Waals surface area contributed by atoms with Crippen LogP contribution in [0.2, 0.25) is 0 Å². The number of hydrogen-bond acceptors (Lipinski definition) is 4. The molecule has 0 fully saturated rings. The molecule has 0 atom stereocenters. The number of alkyl halides is 6. The minimum Gasteiger partial charge on any atom is -0.325 e. The Balaban J connectivity index is 2.32. The lowest BCUT2D eigenvalue weighted by Gasteiger charge is -2.15. The van der Waals surface area contributed by atoms with Gasteiger partial charge in [0, 0.05) is 17.8 Å². The van der Waals surface area contributed by atoms with Gasteiger partial charge in [-0.1, -0.05) is 0 Å². The normalized spacial score (nSPS) is 11.9. The van der Waals surface area contributed by atoms with Crippen LogP contribution in [0.5, 0.6) is 0 Å². The van der Waals surface area contributed by atoms with Gasteiger partial charge in [-0.2, -0.15) is 26.3 Å². The molecule has 1 aromatic heterocycles. The fourth-order valence-electron chi connectivity index (χ4n) is 2.13. The van der Waals surface area contributed by atoms with E-state index in [1.165, 1.54) is 0 Å². The Bertz CT molecular complexity index is 949. The van der Waals surface area contributed by atoms with E-state index >= 15 is 0 Å². The second kappa shape index (κ2) is 7.32. The molecule has 0 spiro atoms. The van der Waals surface area contributed by atoms with E-state index in [-0.39, 0.29) is 6.07 Å². The molecule has 1 aromatic carbocycles. The number of nitro groups is 1. The van der Waals surface area contributed by atoms with Gasteiger partial charge in [0.1, 0.15) is 6.54 Å². The summed E-state index contributed by atoms with van der Waals surface area (Å²) in [7, 11) is 0. The summed E-state index contributed by atoms with van der Waals surface area (Å²) < 4.78 is 77.4. The number of pyridine rings is 1. The molecule has 2 aromatic rings. The summed E-state index contributed by atoms with van der Waals surface area (Å²) >= 11 is 0. The number of benzene rings is 1. The Kier molecular flexibility index (Phi) is 5.47. The summed E-state index contributed by atoms with van der Waals surface area (Å²) in [4.78, 5) is 33.4. The predicted molar refractivity (Wildman–Crippen MR) is 82.4 cm³/mol. The number of rotatable bonds is 4. The Morgan fingerprint density at radius 1 is 1.04 bits per heavy atom. The van der Waals surface area contributed by atoms with E-state index in [0.717, 1.165) is 18.3 Å². The van der Waals surface area contributed by atoms with Crippen molar-refractivity contribution in [3.05, 3.63) is 68.1 Å².